The van der Waals surface area contributed by atoms with Crippen molar-refractivity contribution in [2.24, 2.45) is 5.92 Å². The van der Waals surface area contributed by atoms with Crippen LogP contribution in [-0.2, 0) is 9.53 Å². The Morgan fingerprint density at radius 1 is 1.77 bits per heavy atom. The molecule has 0 aliphatic heterocycles. The molecule has 0 radical (unpaired) electrons. The minimum Gasteiger partial charge on any atom is -0.479 e. The number of hydrogen-bond acceptors (Lipinski definition) is 2. The number of ether oxygens (including phenoxy) is 1. The summed E-state index contributed by atoms with van der Waals surface area (Å²) >= 11 is 0. The van der Waals surface area contributed by atoms with Crippen LogP contribution in [-0.4, -0.2) is 23.3 Å². The van der Waals surface area contributed by atoms with Crippen molar-refractivity contribution in [2.75, 3.05) is 6.61 Å². The van der Waals surface area contributed by atoms with E-state index in [1.165, 1.54) is 0 Å². The molecule has 0 aromatic heterocycles. The molecular formula is C10H16O3. The lowest BCUT2D eigenvalue weighted by molar-refractivity contribution is -0.166. The highest BCUT2D eigenvalue weighted by atomic mass is 16.5. The molecule has 13 heavy (non-hydrogen) atoms. The number of hydrogen-bond donors (Lipinski definition) is 1. The highest BCUT2D eigenvalue weighted by Gasteiger charge is 2.48. The Labute approximate surface area is 78.4 Å². The molecule has 1 aliphatic rings. The van der Waals surface area contributed by atoms with Gasteiger partial charge in [0.2, 0.25) is 0 Å². The molecule has 1 N–H and O–H groups in total. The molecule has 0 spiro atoms. The predicted octanol–water partition coefficient (Wildman–Crippen LogP) is 1.83. The molecule has 0 saturated heterocycles. The largest absolute Gasteiger partial charge is 0.479 e. The van der Waals surface area contributed by atoms with Gasteiger partial charge in [-0.25, -0.2) is 4.79 Å². The molecule has 0 aromatic rings. The van der Waals surface area contributed by atoms with E-state index in [4.69, 9.17) is 9.84 Å². The van der Waals surface area contributed by atoms with Crippen LogP contribution in [0.4, 0.5) is 0 Å². The molecule has 1 unspecified atom stereocenters. The first-order chi connectivity index (χ1) is 6.11. The van der Waals surface area contributed by atoms with E-state index in [1.54, 1.807) is 13.0 Å². The van der Waals surface area contributed by atoms with Gasteiger partial charge in [0.1, 0.15) is 0 Å². The fraction of sp³-hybridized carbons (Fsp3) is 0.700. The molecule has 1 rings (SSSR count). The molecule has 1 saturated carbocycles. The van der Waals surface area contributed by atoms with Crippen molar-refractivity contribution in [1.82, 2.24) is 0 Å². The zero-order valence-electron chi connectivity index (χ0n) is 7.95. The van der Waals surface area contributed by atoms with Gasteiger partial charge in [-0.3, -0.25) is 0 Å². The molecule has 3 heteroatoms. The molecule has 1 atom stereocenters. The van der Waals surface area contributed by atoms with Crippen LogP contribution < -0.4 is 0 Å². The highest BCUT2D eigenvalue weighted by Crippen LogP contribution is 2.42. The lowest BCUT2D eigenvalue weighted by Crippen LogP contribution is -2.40. The van der Waals surface area contributed by atoms with Gasteiger partial charge >= 0.3 is 5.97 Å². The maximum atomic E-state index is 10.9. The van der Waals surface area contributed by atoms with E-state index in [0.717, 1.165) is 12.8 Å². The van der Waals surface area contributed by atoms with Gasteiger partial charge in [-0.05, 0) is 32.1 Å². The first kappa shape index (κ1) is 10.3. The van der Waals surface area contributed by atoms with Gasteiger partial charge in [0.25, 0.3) is 0 Å². The van der Waals surface area contributed by atoms with Crippen LogP contribution in [0.5, 0.6) is 0 Å². The van der Waals surface area contributed by atoms with E-state index in [2.05, 4.69) is 6.58 Å². The van der Waals surface area contributed by atoms with Crippen LogP contribution in [0, 0.1) is 5.92 Å². The van der Waals surface area contributed by atoms with Crippen LogP contribution in [0.15, 0.2) is 12.7 Å². The van der Waals surface area contributed by atoms with Crippen LogP contribution in [0.25, 0.3) is 0 Å². The standard InChI is InChI=1S/C10H16O3/c1-3-4-7-13-10(2,9(11)12)8-5-6-8/h3,8H,1,4-7H2,2H3,(H,11,12). The lowest BCUT2D eigenvalue weighted by atomic mass is 10.0. The van der Waals surface area contributed by atoms with E-state index in [0.29, 0.717) is 13.0 Å². The fourth-order valence-corrected chi connectivity index (χ4v) is 1.34. The van der Waals surface area contributed by atoms with E-state index < -0.39 is 11.6 Å². The van der Waals surface area contributed by atoms with Crippen molar-refractivity contribution in [3.05, 3.63) is 12.7 Å². The van der Waals surface area contributed by atoms with Gasteiger partial charge in [0, 0.05) is 0 Å². The van der Waals surface area contributed by atoms with E-state index >= 15 is 0 Å². The second-order valence-corrected chi connectivity index (χ2v) is 3.61. The average Bonchev–Trinajstić information content (AvgIpc) is 2.86. The third kappa shape index (κ3) is 2.31. The van der Waals surface area contributed by atoms with Gasteiger partial charge in [0.05, 0.1) is 6.61 Å². The van der Waals surface area contributed by atoms with Crippen molar-refractivity contribution in [1.29, 1.82) is 0 Å². The van der Waals surface area contributed by atoms with Crippen LogP contribution in [0.1, 0.15) is 26.2 Å². The maximum Gasteiger partial charge on any atom is 0.335 e. The van der Waals surface area contributed by atoms with Gasteiger partial charge in [-0.2, -0.15) is 0 Å². The summed E-state index contributed by atoms with van der Waals surface area (Å²) < 4.78 is 5.38. The predicted molar refractivity (Wildman–Crippen MR) is 49.5 cm³/mol. The summed E-state index contributed by atoms with van der Waals surface area (Å²) in [7, 11) is 0. The highest BCUT2D eigenvalue weighted by molar-refractivity contribution is 5.77. The summed E-state index contributed by atoms with van der Waals surface area (Å²) in [4.78, 5) is 10.9. The zero-order valence-corrected chi connectivity index (χ0v) is 7.95. The normalized spacial score (nSPS) is 20.7. The maximum absolute atomic E-state index is 10.9. The minimum atomic E-state index is -0.969. The summed E-state index contributed by atoms with van der Waals surface area (Å²) in [5.74, 6) is -0.645. The summed E-state index contributed by atoms with van der Waals surface area (Å²) in [6, 6.07) is 0. The molecule has 0 heterocycles. The summed E-state index contributed by atoms with van der Waals surface area (Å²) in [5, 5.41) is 8.99. The summed E-state index contributed by atoms with van der Waals surface area (Å²) in [6.07, 6.45) is 4.37. The van der Waals surface area contributed by atoms with Gasteiger partial charge in [-0.15, -0.1) is 6.58 Å². The Morgan fingerprint density at radius 2 is 2.38 bits per heavy atom. The SMILES string of the molecule is C=CCCOC(C)(C(=O)O)C1CC1. The first-order valence-electron chi connectivity index (χ1n) is 4.59. The van der Waals surface area contributed by atoms with E-state index in [-0.39, 0.29) is 5.92 Å². The van der Waals surface area contributed by atoms with Crippen LogP contribution in [0.2, 0.25) is 0 Å². The monoisotopic (exact) mass is 184 g/mol. The smallest absolute Gasteiger partial charge is 0.335 e. The third-order valence-corrected chi connectivity index (χ3v) is 2.50. The van der Waals surface area contributed by atoms with Crippen molar-refractivity contribution < 1.29 is 14.6 Å². The lowest BCUT2D eigenvalue weighted by Gasteiger charge is -2.24. The third-order valence-electron chi connectivity index (χ3n) is 2.50. The average molecular weight is 184 g/mol. The van der Waals surface area contributed by atoms with Gasteiger partial charge in [-0.1, -0.05) is 6.08 Å². The summed E-state index contributed by atoms with van der Waals surface area (Å²) in [6.45, 7) is 5.67. The topological polar surface area (TPSA) is 46.5 Å². The van der Waals surface area contributed by atoms with Crippen molar-refractivity contribution >= 4 is 5.97 Å². The molecule has 0 aromatic carbocycles. The van der Waals surface area contributed by atoms with Gasteiger partial charge in [0.15, 0.2) is 5.60 Å². The van der Waals surface area contributed by atoms with Crippen molar-refractivity contribution in [3.63, 3.8) is 0 Å². The van der Waals surface area contributed by atoms with Crippen LogP contribution in [0.3, 0.4) is 0 Å². The number of carboxylic acids is 1. The number of rotatable bonds is 6. The number of carbonyl (C=O) groups is 1. The first-order valence-corrected chi connectivity index (χ1v) is 4.59. The Hall–Kier alpha value is -0.830. The molecule has 1 aliphatic carbocycles. The Morgan fingerprint density at radius 3 is 2.77 bits per heavy atom. The van der Waals surface area contributed by atoms with Crippen molar-refractivity contribution in [2.45, 2.75) is 31.8 Å². The van der Waals surface area contributed by atoms with Crippen LogP contribution >= 0.6 is 0 Å². The minimum absolute atomic E-state index is 0.204. The zero-order chi connectivity index (χ0) is 9.90. The number of aliphatic carboxylic acids is 1. The Balaban J connectivity index is 2.46. The Kier molecular flexibility index (Phi) is 3.09. The Bertz CT molecular complexity index is 208. The fourth-order valence-electron chi connectivity index (χ4n) is 1.34. The molecule has 3 nitrogen and oxygen atoms in total. The summed E-state index contributed by atoms with van der Waals surface area (Å²) in [5.41, 5.74) is -0.969. The second-order valence-electron chi connectivity index (χ2n) is 3.61. The van der Waals surface area contributed by atoms with E-state index in [9.17, 15) is 4.79 Å². The second kappa shape index (κ2) is 3.92. The molecule has 74 valence electrons. The van der Waals surface area contributed by atoms with Crippen molar-refractivity contribution in [3.8, 4) is 0 Å². The molecule has 1 fully saturated rings. The van der Waals surface area contributed by atoms with Gasteiger partial charge < -0.3 is 9.84 Å². The molecule has 0 amide bonds. The molecule has 0 bridgehead atoms. The quantitative estimate of drug-likeness (QED) is 0.506. The number of carboxylic acid groups (broad SMARTS) is 1. The molecular weight excluding hydrogens is 168 g/mol. The van der Waals surface area contributed by atoms with E-state index in [1.807, 2.05) is 0 Å².